The summed E-state index contributed by atoms with van der Waals surface area (Å²) in [4.78, 5) is 14.5. The summed E-state index contributed by atoms with van der Waals surface area (Å²) in [5.41, 5.74) is 1.28. The molecule has 0 aliphatic carbocycles. The number of nitrogens with one attached hydrogen (secondary N) is 1. The predicted molar refractivity (Wildman–Crippen MR) is 93.9 cm³/mol. The van der Waals surface area contributed by atoms with Crippen LogP contribution in [-0.4, -0.2) is 43.1 Å². The maximum atomic E-state index is 12.0. The second-order valence-electron chi connectivity index (χ2n) is 6.70. The highest BCUT2D eigenvalue weighted by atomic mass is 16.5. The van der Waals surface area contributed by atoms with Gasteiger partial charge in [0.2, 0.25) is 0 Å². The molecule has 0 radical (unpaired) electrons. The number of nitrogens with zero attached hydrogens (tertiary/aromatic N) is 1. The van der Waals surface area contributed by atoms with Crippen molar-refractivity contribution in [2.24, 2.45) is 0 Å². The Morgan fingerprint density at radius 1 is 1.26 bits per heavy atom. The highest BCUT2D eigenvalue weighted by Crippen LogP contribution is 2.18. The third-order valence-electron chi connectivity index (χ3n) is 4.41. The summed E-state index contributed by atoms with van der Waals surface area (Å²) < 4.78 is 5.58. The van der Waals surface area contributed by atoms with Gasteiger partial charge in [0.1, 0.15) is 5.75 Å². The molecule has 23 heavy (non-hydrogen) atoms. The van der Waals surface area contributed by atoms with Gasteiger partial charge in [-0.1, -0.05) is 32.9 Å². The summed E-state index contributed by atoms with van der Waals surface area (Å²) in [5, 5.41) is 3.09. The summed E-state index contributed by atoms with van der Waals surface area (Å²) in [6.07, 6.45) is 3.27. The van der Waals surface area contributed by atoms with Crippen molar-refractivity contribution in [3.63, 3.8) is 0 Å². The van der Waals surface area contributed by atoms with Crippen LogP contribution in [0.2, 0.25) is 0 Å². The smallest absolute Gasteiger partial charge is 0.258 e. The van der Waals surface area contributed by atoms with Crippen molar-refractivity contribution in [2.45, 2.75) is 52.0 Å². The molecular formula is C19H30N2O2. The fourth-order valence-corrected chi connectivity index (χ4v) is 2.98. The minimum Gasteiger partial charge on any atom is -0.484 e. The van der Waals surface area contributed by atoms with E-state index in [9.17, 15) is 4.79 Å². The molecule has 1 aromatic carbocycles. The topological polar surface area (TPSA) is 41.6 Å². The van der Waals surface area contributed by atoms with Crippen LogP contribution < -0.4 is 10.1 Å². The lowest BCUT2D eigenvalue weighted by Gasteiger charge is -2.32. The van der Waals surface area contributed by atoms with Crippen molar-refractivity contribution in [2.75, 3.05) is 26.2 Å². The fourth-order valence-electron chi connectivity index (χ4n) is 2.98. The molecule has 0 unspecified atom stereocenters. The molecule has 0 spiro atoms. The highest BCUT2D eigenvalue weighted by Gasteiger charge is 2.20. The zero-order chi connectivity index (χ0) is 16.7. The summed E-state index contributed by atoms with van der Waals surface area (Å²) in [5.74, 6) is 1.24. The molecule has 0 saturated carbocycles. The molecule has 0 atom stereocenters. The van der Waals surface area contributed by atoms with Crippen LogP contribution in [0.15, 0.2) is 24.3 Å². The first-order chi connectivity index (χ1) is 11.1. The zero-order valence-electron chi connectivity index (χ0n) is 14.7. The van der Waals surface area contributed by atoms with Crippen LogP contribution in [0.4, 0.5) is 0 Å². The van der Waals surface area contributed by atoms with Crippen molar-refractivity contribution in [1.82, 2.24) is 10.2 Å². The minimum absolute atomic E-state index is 0.0214. The highest BCUT2D eigenvalue weighted by molar-refractivity contribution is 5.77. The zero-order valence-corrected chi connectivity index (χ0v) is 14.7. The third kappa shape index (κ3) is 5.87. The number of hydrogen-bond donors (Lipinski definition) is 1. The van der Waals surface area contributed by atoms with Crippen LogP contribution in [0.25, 0.3) is 0 Å². The van der Waals surface area contributed by atoms with Gasteiger partial charge in [-0.05, 0) is 49.4 Å². The van der Waals surface area contributed by atoms with E-state index in [1.807, 2.05) is 12.1 Å². The minimum atomic E-state index is -0.0214. The number of rotatable bonds is 7. The Morgan fingerprint density at radius 3 is 2.48 bits per heavy atom. The average molecular weight is 318 g/mol. The number of carbonyl (C=O) groups is 1. The van der Waals surface area contributed by atoms with Crippen LogP contribution in [0.5, 0.6) is 5.75 Å². The van der Waals surface area contributed by atoms with Crippen LogP contribution in [-0.2, 0) is 4.79 Å². The van der Waals surface area contributed by atoms with E-state index in [2.05, 4.69) is 43.1 Å². The van der Waals surface area contributed by atoms with E-state index in [0.29, 0.717) is 12.0 Å². The number of piperidine rings is 1. The molecule has 4 heteroatoms. The third-order valence-corrected chi connectivity index (χ3v) is 4.41. The van der Waals surface area contributed by atoms with Crippen molar-refractivity contribution < 1.29 is 9.53 Å². The molecule has 1 fully saturated rings. The molecule has 1 aliphatic heterocycles. The van der Waals surface area contributed by atoms with E-state index in [1.165, 1.54) is 12.0 Å². The number of benzene rings is 1. The summed E-state index contributed by atoms with van der Waals surface area (Å²) in [6, 6.07) is 8.28. The first kappa shape index (κ1) is 17.8. The van der Waals surface area contributed by atoms with E-state index in [0.717, 1.165) is 38.2 Å². The van der Waals surface area contributed by atoms with Crippen LogP contribution in [0.1, 0.15) is 51.5 Å². The Bertz CT molecular complexity index is 477. The van der Waals surface area contributed by atoms with E-state index >= 15 is 0 Å². The lowest BCUT2D eigenvalue weighted by Crippen LogP contribution is -2.46. The van der Waals surface area contributed by atoms with Crippen molar-refractivity contribution in [3.8, 4) is 5.75 Å². The van der Waals surface area contributed by atoms with Gasteiger partial charge >= 0.3 is 0 Å². The molecule has 0 aromatic heterocycles. The number of amides is 1. The van der Waals surface area contributed by atoms with Crippen molar-refractivity contribution in [1.29, 1.82) is 0 Å². The quantitative estimate of drug-likeness (QED) is 0.839. The largest absolute Gasteiger partial charge is 0.484 e. The first-order valence-electron chi connectivity index (χ1n) is 8.83. The summed E-state index contributed by atoms with van der Waals surface area (Å²) in [6.45, 7) is 9.95. The molecular weight excluding hydrogens is 288 g/mol. The lowest BCUT2D eigenvalue weighted by atomic mass is 10.0. The molecule has 1 aliphatic rings. The standard InChI is InChI=1S/C19H30N2O2/c1-4-11-21-12-9-17(10-13-21)20-19(22)14-23-18-7-5-16(6-8-18)15(2)3/h5-8,15,17H,4,9-14H2,1-3H3,(H,20,22). The van der Waals surface area contributed by atoms with Crippen molar-refractivity contribution in [3.05, 3.63) is 29.8 Å². The van der Waals surface area contributed by atoms with Gasteiger partial charge in [-0.2, -0.15) is 0 Å². The molecule has 1 amide bonds. The van der Waals surface area contributed by atoms with Gasteiger partial charge in [0.05, 0.1) is 0 Å². The molecule has 1 aromatic rings. The van der Waals surface area contributed by atoms with E-state index in [1.54, 1.807) is 0 Å². The number of ether oxygens (including phenoxy) is 1. The van der Waals surface area contributed by atoms with Gasteiger partial charge < -0.3 is 15.0 Å². The van der Waals surface area contributed by atoms with E-state index < -0.39 is 0 Å². The number of hydrogen-bond acceptors (Lipinski definition) is 3. The Hall–Kier alpha value is -1.55. The van der Waals surface area contributed by atoms with Gasteiger partial charge in [-0.3, -0.25) is 4.79 Å². The van der Waals surface area contributed by atoms with E-state index in [4.69, 9.17) is 4.74 Å². The SMILES string of the molecule is CCCN1CCC(NC(=O)COc2ccc(C(C)C)cc2)CC1. The Labute approximate surface area is 140 Å². The molecule has 4 nitrogen and oxygen atoms in total. The first-order valence-corrected chi connectivity index (χ1v) is 8.83. The molecule has 1 saturated heterocycles. The second-order valence-corrected chi connectivity index (χ2v) is 6.70. The summed E-state index contributed by atoms with van der Waals surface area (Å²) >= 11 is 0. The normalized spacial score (nSPS) is 16.5. The number of carbonyl (C=O) groups excluding carboxylic acids is 1. The van der Waals surface area contributed by atoms with Crippen LogP contribution in [0, 0.1) is 0 Å². The Balaban J connectivity index is 1.69. The molecule has 128 valence electrons. The van der Waals surface area contributed by atoms with Gasteiger partial charge in [0, 0.05) is 19.1 Å². The van der Waals surface area contributed by atoms with E-state index in [-0.39, 0.29) is 12.5 Å². The molecule has 2 rings (SSSR count). The molecule has 0 bridgehead atoms. The number of likely N-dealkylation sites (tertiary alicyclic amines) is 1. The average Bonchev–Trinajstić information content (AvgIpc) is 2.55. The monoisotopic (exact) mass is 318 g/mol. The molecule has 1 N–H and O–H groups in total. The van der Waals surface area contributed by atoms with Crippen molar-refractivity contribution >= 4 is 5.91 Å². The maximum absolute atomic E-state index is 12.0. The van der Waals surface area contributed by atoms with Crippen LogP contribution in [0.3, 0.4) is 0 Å². The molecule has 1 heterocycles. The predicted octanol–water partition coefficient (Wildman–Crippen LogP) is 3.18. The van der Waals surface area contributed by atoms with Gasteiger partial charge in [0.15, 0.2) is 6.61 Å². The second kappa shape index (κ2) is 8.92. The van der Waals surface area contributed by atoms with Crippen LogP contribution >= 0.6 is 0 Å². The summed E-state index contributed by atoms with van der Waals surface area (Å²) in [7, 11) is 0. The van der Waals surface area contributed by atoms with Gasteiger partial charge in [-0.25, -0.2) is 0 Å². The fraction of sp³-hybridized carbons (Fsp3) is 0.632. The van der Waals surface area contributed by atoms with Gasteiger partial charge in [0.25, 0.3) is 5.91 Å². The van der Waals surface area contributed by atoms with Gasteiger partial charge in [-0.15, -0.1) is 0 Å². The lowest BCUT2D eigenvalue weighted by molar-refractivity contribution is -0.124. The Kier molecular flexibility index (Phi) is 6.90. The Morgan fingerprint density at radius 2 is 1.91 bits per heavy atom. The maximum Gasteiger partial charge on any atom is 0.258 e.